The summed E-state index contributed by atoms with van der Waals surface area (Å²) < 4.78 is 15.5. The molecular weight excluding hydrogens is 869 g/mol. The average molecular weight is 932 g/mol. The molecule has 2 N–H and O–H groups in total. The van der Waals surface area contributed by atoms with Crippen molar-refractivity contribution in [3.63, 3.8) is 0 Å². The zero-order valence-electron chi connectivity index (χ0n) is 41.2. The van der Waals surface area contributed by atoms with E-state index in [1.54, 1.807) is 12.1 Å². The minimum Gasteiger partial charge on any atom is -0.506 e. The molecule has 69 heavy (non-hydrogen) atoms. The largest absolute Gasteiger partial charge is 0.506 e. The van der Waals surface area contributed by atoms with E-state index < -0.39 is 4.92 Å². The number of nitro groups is 1. The van der Waals surface area contributed by atoms with Gasteiger partial charge in [-0.05, 0) is 127 Å². The molecule has 0 spiro atoms. The predicted molar refractivity (Wildman–Crippen MR) is 274 cm³/mol. The second-order valence-corrected chi connectivity index (χ2v) is 19.1. The Balaban J connectivity index is 0.992. The van der Waals surface area contributed by atoms with Gasteiger partial charge >= 0.3 is 5.97 Å². The van der Waals surface area contributed by atoms with E-state index in [-0.39, 0.29) is 52.2 Å². The number of ether oxygens (including phenoxy) is 2. The fourth-order valence-corrected chi connectivity index (χ4v) is 10.4. The molecule has 0 unspecified atom stereocenters. The molecule has 5 aromatic carbocycles. The van der Waals surface area contributed by atoms with Crippen LogP contribution in [0.2, 0.25) is 0 Å². The zero-order valence-corrected chi connectivity index (χ0v) is 41.2. The van der Waals surface area contributed by atoms with E-state index >= 15 is 0 Å². The van der Waals surface area contributed by atoms with Crippen molar-refractivity contribution in [2.24, 2.45) is 10.2 Å². The highest BCUT2D eigenvalue weighted by molar-refractivity contribution is 6.00. The summed E-state index contributed by atoms with van der Waals surface area (Å²) in [6.45, 7) is 23.2. The minimum absolute atomic E-state index is 0.0772. The zero-order chi connectivity index (χ0) is 49.4. The first-order valence-electron chi connectivity index (χ1n) is 24.1. The third-order valence-corrected chi connectivity index (χ3v) is 13.7. The topological polar surface area (TPSA) is 153 Å². The molecular formula is C56H63N6O7+. The Labute approximate surface area is 404 Å². The van der Waals surface area contributed by atoms with E-state index in [9.17, 15) is 25.1 Å². The van der Waals surface area contributed by atoms with Gasteiger partial charge in [0.1, 0.15) is 40.9 Å². The van der Waals surface area contributed by atoms with Gasteiger partial charge < -0.3 is 29.5 Å². The number of carbonyl (C=O) groups is 1. The summed E-state index contributed by atoms with van der Waals surface area (Å²) in [6.07, 6.45) is 8.04. The first-order valence-corrected chi connectivity index (χ1v) is 24.1. The maximum atomic E-state index is 14.2. The Morgan fingerprint density at radius 1 is 0.797 bits per heavy atom. The van der Waals surface area contributed by atoms with Gasteiger partial charge in [0.15, 0.2) is 5.54 Å². The number of hydrogen-bond acceptors (Lipinski definition) is 11. The van der Waals surface area contributed by atoms with Crippen LogP contribution in [0.25, 0.3) is 16.7 Å². The highest BCUT2D eigenvalue weighted by atomic mass is 16.6. The summed E-state index contributed by atoms with van der Waals surface area (Å²) in [5.74, 6) is 0.780. The number of benzene rings is 5. The molecule has 13 heteroatoms. The van der Waals surface area contributed by atoms with Crippen molar-refractivity contribution >= 4 is 51.1 Å². The van der Waals surface area contributed by atoms with E-state index in [0.717, 1.165) is 106 Å². The summed E-state index contributed by atoms with van der Waals surface area (Å²) >= 11 is 0. The number of unbranched alkanes of at least 4 members (excludes halogenated alkanes) is 3. The van der Waals surface area contributed by atoms with Crippen molar-refractivity contribution in [2.75, 3.05) is 42.6 Å². The third-order valence-electron chi connectivity index (χ3n) is 13.7. The van der Waals surface area contributed by atoms with Gasteiger partial charge in [-0.25, -0.2) is 9.37 Å². The van der Waals surface area contributed by atoms with Crippen LogP contribution >= 0.6 is 0 Å². The van der Waals surface area contributed by atoms with Crippen molar-refractivity contribution in [3.05, 3.63) is 146 Å². The lowest BCUT2D eigenvalue weighted by atomic mass is 9.83. The summed E-state index contributed by atoms with van der Waals surface area (Å²) in [4.78, 5) is 29.4. The molecule has 0 fully saturated rings. The third kappa shape index (κ3) is 9.47. The van der Waals surface area contributed by atoms with Crippen LogP contribution in [-0.4, -0.2) is 65.0 Å². The van der Waals surface area contributed by atoms with Gasteiger partial charge in [-0.15, -0.1) is 10.2 Å². The number of hydrogen-bond donors (Lipinski definition) is 2. The number of allylic oxidation sites excluding steroid dienone is 2. The number of fused-ring (bicyclic) bond motifs is 4. The normalized spacial score (nSPS) is 15.3. The van der Waals surface area contributed by atoms with Crippen LogP contribution in [0, 0.1) is 10.1 Å². The van der Waals surface area contributed by atoms with Crippen molar-refractivity contribution < 1.29 is 29.4 Å². The highest BCUT2D eigenvalue weighted by Crippen LogP contribution is 2.47. The van der Waals surface area contributed by atoms with Crippen molar-refractivity contribution in [3.8, 4) is 23.0 Å². The molecule has 0 saturated heterocycles. The van der Waals surface area contributed by atoms with Crippen LogP contribution < -0.4 is 29.7 Å². The quantitative estimate of drug-likeness (QED) is 0.0241. The summed E-state index contributed by atoms with van der Waals surface area (Å²) in [7, 11) is 0. The number of anilines is 2. The number of phenolic OH excluding ortho intramolecular Hbond substituents is 2. The van der Waals surface area contributed by atoms with E-state index in [1.807, 2.05) is 37.3 Å². The van der Waals surface area contributed by atoms with Gasteiger partial charge in [0.05, 0.1) is 28.7 Å². The Bertz CT molecular complexity index is 3100. The smallest absolute Gasteiger partial charge is 0.338 e. The average Bonchev–Trinajstić information content (AvgIpc) is 3.30. The molecule has 5 aromatic rings. The van der Waals surface area contributed by atoms with Crippen LogP contribution in [0.15, 0.2) is 107 Å². The number of phenols is 2. The maximum Gasteiger partial charge on any atom is 0.338 e. The van der Waals surface area contributed by atoms with Gasteiger partial charge in [0.2, 0.25) is 5.36 Å². The molecule has 0 amide bonds. The number of likely N-dealkylation sites (N-methyl/N-ethyl adjacent to an activating group) is 2. The molecule has 0 atom stereocenters. The number of non-ortho nitro benzene ring substituents is 1. The molecule has 3 aliphatic heterocycles. The van der Waals surface area contributed by atoms with E-state index in [0.29, 0.717) is 18.5 Å². The molecule has 13 nitrogen and oxygen atoms in total. The van der Waals surface area contributed by atoms with E-state index in [2.05, 4.69) is 116 Å². The van der Waals surface area contributed by atoms with E-state index in [4.69, 9.17) is 9.47 Å². The fraction of sp³-hybridized carbons (Fsp3) is 0.357. The molecule has 8 rings (SSSR count). The number of aromatic hydroxyl groups is 2. The standard InChI is InChI=1S/C56H62N6O7/c1-10-59(37-21-23-45(50(64)28-37)57-58-46-27-38(62(66)67)22-24-49(46)63)25-17-13-14-18-26-68-54(65)40-20-16-15-19-39(40)53-43-29-41-35(4)33-55(6,7)60(11-2)47(41)31-51(43)69-52-32-48-42(30-44(52)53)36(5)34-56(8,9)61(48)12-3/h15-16,19-24,27-34,65H,10-14,17-18,25-26H2,1-9H3/p+1. The lowest BCUT2D eigenvalue weighted by molar-refractivity contribution is -0.384. The number of esters is 1. The molecule has 0 bridgehead atoms. The minimum atomic E-state index is -0.585. The monoisotopic (exact) mass is 931 g/mol. The van der Waals surface area contributed by atoms with Crippen LogP contribution in [0.3, 0.4) is 0 Å². The second kappa shape index (κ2) is 19.4. The Morgan fingerprint density at radius 2 is 1.54 bits per heavy atom. The molecule has 3 aliphatic rings. The highest BCUT2D eigenvalue weighted by Gasteiger charge is 2.36. The lowest BCUT2D eigenvalue weighted by Crippen LogP contribution is -2.49. The molecule has 0 saturated carbocycles. The molecule has 3 heterocycles. The summed E-state index contributed by atoms with van der Waals surface area (Å²) in [5.41, 5.74) is 9.32. The van der Waals surface area contributed by atoms with Crippen LogP contribution in [-0.2, 0) is 4.74 Å². The van der Waals surface area contributed by atoms with Crippen LogP contribution in [0.5, 0.6) is 23.0 Å². The number of nitro benzene ring substituents is 1. The molecule has 0 aliphatic carbocycles. The van der Waals surface area contributed by atoms with Gasteiger partial charge in [-0.3, -0.25) is 10.1 Å². The number of nitrogens with zero attached hydrogens (tertiary/aromatic N) is 6. The number of carbonyl (C=O) groups excluding carboxylic acids is 1. The van der Waals surface area contributed by atoms with Crippen molar-refractivity contribution in [2.45, 2.75) is 99.1 Å². The van der Waals surface area contributed by atoms with Gasteiger partial charge in [0.25, 0.3) is 5.69 Å². The maximum absolute atomic E-state index is 14.2. The Morgan fingerprint density at radius 3 is 2.26 bits per heavy atom. The van der Waals surface area contributed by atoms with Gasteiger partial charge in [-0.2, -0.15) is 0 Å². The Hall–Kier alpha value is -7.28. The predicted octanol–water partition coefficient (Wildman–Crippen LogP) is 11.7. The second-order valence-electron chi connectivity index (χ2n) is 19.1. The SMILES string of the molecule is CCN(CCCCCCOC(=O)c1ccccc1C1=c2cc3c(cc2Oc2cc4c(cc21)C(C)=CC(C)(C)N4CC)=[N+](CC)C(C)(C)C=C3C)c1ccc(N=Nc2cc([N+](=O)[O-])ccc2O)c(O)c1. The summed E-state index contributed by atoms with van der Waals surface area (Å²) in [5, 5.41) is 42.0. The number of azo groups is 1. The van der Waals surface area contributed by atoms with Crippen LogP contribution in [0.1, 0.15) is 121 Å². The Kier molecular flexibility index (Phi) is 13.5. The van der Waals surface area contributed by atoms with E-state index in [1.165, 1.54) is 23.3 Å². The molecule has 358 valence electrons. The van der Waals surface area contributed by atoms with Crippen LogP contribution in [0.4, 0.5) is 28.4 Å². The molecule has 0 aromatic heterocycles. The summed E-state index contributed by atoms with van der Waals surface area (Å²) in [6, 6.07) is 25.2. The number of rotatable bonds is 16. The van der Waals surface area contributed by atoms with Gasteiger partial charge in [0, 0.05) is 96.6 Å². The van der Waals surface area contributed by atoms with Gasteiger partial charge in [-0.1, -0.05) is 30.7 Å². The van der Waals surface area contributed by atoms with Crippen molar-refractivity contribution in [1.29, 1.82) is 0 Å². The fourth-order valence-electron chi connectivity index (χ4n) is 10.4. The van der Waals surface area contributed by atoms with Crippen molar-refractivity contribution in [1.82, 2.24) is 4.58 Å². The lowest BCUT2D eigenvalue weighted by Gasteiger charge is -2.43. The first kappa shape index (κ1) is 48.2. The molecule has 0 radical (unpaired) electrons. The first-order chi connectivity index (χ1) is 33.0.